The van der Waals surface area contributed by atoms with Crippen molar-refractivity contribution in [1.29, 1.82) is 0 Å². The van der Waals surface area contributed by atoms with Gasteiger partial charge in [-0.15, -0.1) is 0 Å². The summed E-state index contributed by atoms with van der Waals surface area (Å²) in [5, 5.41) is 9.18. The summed E-state index contributed by atoms with van der Waals surface area (Å²) in [6, 6.07) is 0. The van der Waals surface area contributed by atoms with Gasteiger partial charge in [-0.25, -0.2) is 5.11 Å². The minimum atomic E-state index is -1.19. The summed E-state index contributed by atoms with van der Waals surface area (Å²) in [7, 11) is 0. The first-order valence-electron chi connectivity index (χ1n) is 0.862. The van der Waals surface area contributed by atoms with Crippen LogP contribution >= 0.6 is 11.6 Å². The van der Waals surface area contributed by atoms with Crippen LogP contribution in [0.4, 0.5) is 0 Å². The van der Waals surface area contributed by atoms with Gasteiger partial charge in [0.15, 0.2) is 5.56 Å². The van der Waals surface area contributed by atoms with Gasteiger partial charge in [0, 0.05) is 0 Å². The minimum Gasteiger partial charge on any atom is -0.216 e. The lowest BCUT2D eigenvalue weighted by Crippen LogP contribution is -1.76. The highest BCUT2D eigenvalue weighted by atomic mass is 35.5. The van der Waals surface area contributed by atoms with E-state index in [-0.39, 0.29) is 0 Å². The second-order valence-corrected chi connectivity index (χ2v) is 0.897. The van der Waals surface area contributed by atoms with E-state index >= 15 is 0 Å². The smallest absolute Gasteiger partial charge is 0.166 e. The van der Waals surface area contributed by atoms with Gasteiger partial charge in [0.05, 0.1) is 0 Å². The molecular formula is C2H3ClO. The van der Waals surface area contributed by atoms with Crippen LogP contribution in [0.15, 0.2) is 0 Å². The summed E-state index contributed by atoms with van der Waals surface area (Å²) in [6.07, 6.45) is 0. The maximum absolute atomic E-state index is 9.18. The number of alkyl halides is 1. The van der Waals surface area contributed by atoms with Gasteiger partial charge in [0.25, 0.3) is 0 Å². The van der Waals surface area contributed by atoms with E-state index < -0.39 is 5.56 Å². The van der Waals surface area contributed by atoms with Crippen molar-refractivity contribution in [1.82, 2.24) is 0 Å². The first-order valence-corrected chi connectivity index (χ1v) is 1.30. The highest BCUT2D eigenvalue weighted by Crippen LogP contribution is 1.80. The summed E-state index contributed by atoms with van der Waals surface area (Å²) in [5.41, 5.74) is -1.19. The number of halogens is 1. The summed E-state index contributed by atoms with van der Waals surface area (Å²) >= 11 is 4.61. The fraction of sp³-hybridized carbons (Fsp3) is 0.500. The molecule has 0 N–H and O–H groups in total. The molecule has 0 aliphatic rings. The zero-order valence-electron chi connectivity index (χ0n) is 2.07. The van der Waals surface area contributed by atoms with Crippen molar-refractivity contribution in [3.05, 3.63) is 6.92 Å². The third-order valence-electron chi connectivity index (χ3n) is 0. The van der Waals surface area contributed by atoms with Gasteiger partial charge in [-0.05, 0) is 6.92 Å². The second-order valence-electron chi connectivity index (χ2n) is 0.410. The molecule has 1 nitrogen and oxygen atoms in total. The molecule has 2 radical (unpaired) electrons. The highest BCUT2D eigenvalue weighted by molar-refractivity contribution is 6.19. The Morgan fingerprint density at radius 2 is 2.00 bits per heavy atom. The predicted molar refractivity (Wildman–Crippen MR) is 15.7 cm³/mol. The van der Waals surface area contributed by atoms with E-state index in [0.717, 1.165) is 0 Å². The maximum Gasteiger partial charge on any atom is 0.166 e. The van der Waals surface area contributed by atoms with Crippen molar-refractivity contribution in [2.24, 2.45) is 0 Å². The lowest BCUT2D eigenvalue weighted by Gasteiger charge is -1.71. The average molecular weight is 78.5 g/mol. The normalized spacial score (nSPS) is 15.8. The third-order valence-corrected chi connectivity index (χ3v) is 0. The van der Waals surface area contributed by atoms with Crippen LogP contribution in [0.5, 0.6) is 0 Å². The van der Waals surface area contributed by atoms with Gasteiger partial charge in [0.2, 0.25) is 0 Å². The Bertz CT molecular complexity index is 10.8. The molecule has 0 aromatic rings. The van der Waals surface area contributed by atoms with Crippen LogP contribution in [0.25, 0.3) is 0 Å². The Morgan fingerprint density at radius 1 is 2.00 bits per heavy atom. The van der Waals surface area contributed by atoms with E-state index in [2.05, 4.69) is 18.5 Å². The Hall–Kier alpha value is 0.250. The SMILES string of the molecule is [CH2]C([O])Cl. The van der Waals surface area contributed by atoms with Crippen molar-refractivity contribution < 1.29 is 5.11 Å². The van der Waals surface area contributed by atoms with E-state index in [4.69, 9.17) is 0 Å². The summed E-state index contributed by atoms with van der Waals surface area (Å²) in [6.45, 7) is 2.85. The lowest BCUT2D eigenvalue weighted by molar-refractivity contribution is 0.195. The number of rotatable bonds is 0. The standard InChI is InChI=1S/C2H3ClO/c1-2(3)4/h2H,1H2. The van der Waals surface area contributed by atoms with Crippen LogP contribution in [-0.4, -0.2) is 5.56 Å². The first-order chi connectivity index (χ1) is 1.73. The largest absolute Gasteiger partial charge is 0.216 e. The van der Waals surface area contributed by atoms with Gasteiger partial charge in [-0.1, -0.05) is 11.6 Å². The Balaban J connectivity index is 2.32. The van der Waals surface area contributed by atoms with E-state index in [1.165, 1.54) is 0 Å². The summed E-state index contributed by atoms with van der Waals surface area (Å²) < 4.78 is 0. The fourth-order valence-electron chi connectivity index (χ4n) is 0. The van der Waals surface area contributed by atoms with Gasteiger partial charge in [0.1, 0.15) is 0 Å². The minimum absolute atomic E-state index is 1.19. The molecule has 0 heterocycles. The molecule has 0 spiro atoms. The van der Waals surface area contributed by atoms with Crippen LogP contribution in [-0.2, 0) is 5.11 Å². The van der Waals surface area contributed by atoms with Crippen LogP contribution in [0, 0.1) is 6.92 Å². The zero-order chi connectivity index (χ0) is 3.58. The Labute approximate surface area is 30.2 Å². The van der Waals surface area contributed by atoms with Crippen molar-refractivity contribution in [2.75, 3.05) is 0 Å². The molecule has 0 saturated carbocycles. The lowest BCUT2D eigenvalue weighted by atomic mass is 10.9. The molecule has 0 amide bonds. The highest BCUT2D eigenvalue weighted by Gasteiger charge is 1.77. The molecular weight excluding hydrogens is 75.5 g/mol. The predicted octanol–water partition coefficient (Wildman–Crippen LogP) is 0.816. The van der Waals surface area contributed by atoms with Crippen LogP contribution < -0.4 is 0 Å². The quantitative estimate of drug-likeness (QED) is 0.382. The molecule has 1 atom stereocenters. The van der Waals surface area contributed by atoms with Crippen molar-refractivity contribution >= 4 is 11.6 Å². The second kappa shape index (κ2) is 1.56. The molecule has 24 valence electrons. The van der Waals surface area contributed by atoms with Gasteiger partial charge >= 0.3 is 0 Å². The number of hydrogen-bond acceptors (Lipinski definition) is 0. The molecule has 0 aromatic carbocycles. The van der Waals surface area contributed by atoms with Gasteiger partial charge < -0.3 is 0 Å². The first kappa shape index (κ1) is 4.25. The van der Waals surface area contributed by atoms with Crippen LogP contribution in [0.3, 0.4) is 0 Å². The van der Waals surface area contributed by atoms with Crippen molar-refractivity contribution in [3.63, 3.8) is 0 Å². The van der Waals surface area contributed by atoms with Crippen LogP contribution in [0.2, 0.25) is 0 Å². The summed E-state index contributed by atoms with van der Waals surface area (Å²) in [5.74, 6) is 0. The maximum atomic E-state index is 9.18. The van der Waals surface area contributed by atoms with E-state index in [1.807, 2.05) is 0 Å². The average Bonchev–Trinajstić information content (AvgIpc) is 0.811. The Kier molecular flexibility index (Phi) is 1.66. The van der Waals surface area contributed by atoms with Crippen molar-refractivity contribution in [3.8, 4) is 0 Å². The fourth-order valence-corrected chi connectivity index (χ4v) is 0. The van der Waals surface area contributed by atoms with E-state index in [0.29, 0.717) is 0 Å². The van der Waals surface area contributed by atoms with Gasteiger partial charge in [-0.2, -0.15) is 0 Å². The summed E-state index contributed by atoms with van der Waals surface area (Å²) in [4.78, 5) is 0. The molecule has 2 heteroatoms. The van der Waals surface area contributed by atoms with E-state index in [9.17, 15) is 5.11 Å². The number of hydrogen-bond donors (Lipinski definition) is 0. The topological polar surface area (TPSA) is 19.9 Å². The molecule has 0 aromatic heterocycles. The molecule has 0 rings (SSSR count). The van der Waals surface area contributed by atoms with Crippen molar-refractivity contribution in [2.45, 2.75) is 5.56 Å². The Morgan fingerprint density at radius 3 is 2.00 bits per heavy atom. The molecule has 0 aliphatic carbocycles. The molecule has 0 saturated heterocycles. The molecule has 4 heavy (non-hydrogen) atoms. The zero-order valence-corrected chi connectivity index (χ0v) is 2.83. The third kappa shape index (κ3) is 56.3. The molecule has 1 unspecified atom stereocenters. The monoisotopic (exact) mass is 78.0 g/mol. The van der Waals surface area contributed by atoms with Gasteiger partial charge in [-0.3, -0.25) is 0 Å². The van der Waals surface area contributed by atoms with Crippen LogP contribution in [0.1, 0.15) is 0 Å². The van der Waals surface area contributed by atoms with E-state index in [1.54, 1.807) is 0 Å². The molecule has 0 aliphatic heterocycles. The molecule has 0 fully saturated rings. The molecule has 0 bridgehead atoms.